The molecule has 1 saturated heterocycles. The Kier molecular flexibility index (Phi) is 5.41. The first-order chi connectivity index (χ1) is 9.24. The van der Waals surface area contributed by atoms with Crippen LogP contribution < -0.4 is 0 Å². The van der Waals surface area contributed by atoms with E-state index in [0.717, 1.165) is 12.2 Å². The van der Waals surface area contributed by atoms with Gasteiger partial charge in [-0.2, -0.15) is 0 Å². The van der Waals surface area contributed by atoms with E-state index in [0.29, 0.717) is 13.2 Å². The predicted octanol–water partition coefficient (Wildman–Crippen LogP) is 2.25. The Morgan fingerprint density at radius 1 is 1.32 bits per heavy atom. The molecule has 3 heteroatoms. The third kappa shape index (κ3) is 5.89. The molecule has 1 aliphatic rings. The predicted molar refractivity (Wildman–Crippen MR) is 73.9 cm³/mol. The first-order valence-electron chi connectivity index (χ1n) is 6.65. The molecule has 0 amide bonds. The minimum atomic E-state index is -0.195. The fourth-order valence-corrected chi connectivity index (χ4v) is 1.60. The molecule has 102 valence electrons. The van der Waals surface area contributed by atoms with E-state index in [1.165, 1.54) is 0 Å². The molecule has 0 bridgehead atoms. The molecule has 1 heterocycles. The van der Waals surface area contributed by atoms with Crippen LogP contribution in [-0.4, -0.2) is 38.1 Å². The Balaban J connectivity index is 1.86. The zero-order valence-corrected chi connectivity index (χ0v) is 11.5. The highest BCUT2D eigenvalue weighted by molar-refractivity contribution is 5.34. The second-order valence-electron chi connectivity index (χ2n) is 4.80. The van der Waals surface area contributed by atoms with Crippen molar-refractivity contribution in [3.05, 3.63) is 35.9 Å². The van der Waals surface area contributed by atoms with Crippen LogP contribution in [0.2, 0.25) is 0 Å². The van der Waals surface area contributed by atoms with Crippen molar-refractivity contribution in [3.63, 3.8) is 0 Å². The summed E-state index contributed by atoms with van der Waals surface area (Å²) in [6.45, 7) is 5.93. The van der Waals surface area contributed by atoms with Crippen LogP contribution in [0.5, 0.6) is 0 Å². The zero-order valence-electron chi connectivity index (χ0n) is 11.5. The Morgan fingerprint density at radius 3 is 2.68 bits per heavy atom. The average molecular weight is 260 g/mol. The lowest BCUT2D eigenvalue weighted by atomic mass is 10.2. The van der Waals surface area contributed by atoms with E-state index in [1.54, 1.807) is 0 Å². The van der Waals surface area contributed by atoms with E-state index < -0.39 is 0 Å². The lowest BCUT2D eigenvalue weighted by molar-refractivity contribution is -0.0183. The van der Waals surface area contributed by atoms with Crippen molar-refractivity contribution >= 4 is 0 Å². The molecule has 0 aromatic heterocycles. The summed E-state index contributed by atoms with van der Waals surface area (Å²) in [5.74, 6) is 6.24. The Labute approximate surface area is 114 Å². The fraction of sp³-hybridized carbons (Fsp3) is 0.500. The van der Waals surface area contributed by atoms with Crippen LogP contribution in [0, 0.1) is 11.8 Å². The van der Waals surface area contributed by atoms with Gasteiger partial charge in [-0.3, -0.25) is 0 Å². The van der Waals surface area contributed by atoms with Crippen molar-refractivity contribution in [3.8, 4) is 11.8 Å². The summed E-state index contributed by atoms with van der Waals surface area (Å²) < 4.78 is 16.4. The van der Waals surface area contributed by atoms with Gasteiger partial charge in [-0.1, -0.05) is 30.0 Å². The van der Waals surface area contributed by atoms with E-state index in [1.807, 2.05) is 44.2 Å². The quantitative estimate of drug-likeness (QED) is 0.580. The minimum absolute atomic E-state index is 0.135. The van der Waals surface area contributed by atoms with Gasteiger partial charge >= 0.3 is 0 Å². The number of rotatable bonds is 6. The standard InChI is InChI=1S/C16H20O3/c1-13(2)19-15(10-17-11-16-12-18-16)9-8-14-6-4-3-5-7-14/h3-7,13,15-16H,10-12H2,1-2H3. The largest absolute Gasteiger partial charge is 0.375 e. The Morgan fingerprint density at radius 2 is 2.05 bits per heavy atom. The van der Waals surface area contributed by atoms with Gasteiger partial charge in [0.15, 0.2) is 0 Å². The molecule has 1 aromatic carbocycles. The Hall–Kier alpha value is -1.34. The van der Waals surface area contributed by atoms with Crippen LogP contribution in [0.3, 0.4) is 0 Å². The number of ether oxygens (including phenoxy) is 3. The van der Waals surface area contributed by atoms with Crippen LogP contribution in [0.4, 0.5) is 0 Å². The van der Waals surface area contributed by atoms with E-state index in [9.17, 15) is 0 Å². The van der Waals surface area contributed by atoms with Gasteiger partial charge in [0.1, 0.15) is 12.2 Å². The topological polar surface area (TPSA) is 31.0 Å². The highest BCUT2D eigenvalue weighted by Crippen LogP contribution is 2.09. The molecule has 0 radical (unpaired) electrons. The maximum Gasteiger partial charge on any atom is 0.142 e. The molecular formula is C16H20O3. The normalized spacial score (nSPS) is 18.8. The number of benzene rings is 1. The zero-order chi connectivity index (χ0) is 13.5. The summed E-state index contributed by atoms with van der Waals surface area (Å²) in [7, 11) is 0. The minimum Gasteiger partial charge on any atom is -0.375 e. The molecule has 1 fully saturated rings. The van der Waals surface area contributed by atoms with Gasteiger partial charge in [0, 0.05) is 5.56 Å². The molecule has 0 saturated carbocycles. The van der Waals surface area contributed by atoms with Crippen LogP contribution in [0.25, 0.3) is 0 Å². The molecular weight excluding hydrogens is 240 g/mol. The second kappa shape index (κ2) is 7.30. The summed E-state index contributed by atoms with van der Waals surface area (Å²) in [5.41, 5.74) is 0.991. The van der Waals surface area contributed by atoms with E-state index in [4.69, 9.17) is 14.2 Å². The molecule has 1 aliphatic heterocycles. The van der Waals surface area contributed by atoms with E-state index >= 15 is 0 Å². The van der Waals surface area contributed by atoms with Crippen LogP contribution in [0.1, 0.15) is 19.4 Å². The SMILES string of the molecule is CC(C)OC(C#Cc1ccccc1)COCC1CO1. The maximum atomic E-state index is 5.73. The molecule has 19 heavy (non-hydrogen) atoms. The van der Waals surface area contributed by atoms with Gasteiger partial charge in [0.05, 0.1) is 25.9 Å². The first kappa shape index (κ1) is 14.1. The highest BCUT2D eigenvalue weighted by Gasteiger charge is 2.22. The lowest BCUT2D eigenvalue weighted by Crippen LogP contribution is -2.23. The highest BCUT2D eigenvalue weighted by atomic mass is 16.6. The number of hydrogen-bond acceptors (Lipinski definition) is 3. The molecule has 0 aliphatic carbocycles. The van der Waals surface area contributed by atoms with Gasteiger partial charge < -0.3 is 14.2 Å². The van der Waals surface area contributed by atoms with Gasteiger partial charge in [-0.15, -0.1) is 0 Å². The summed E-state index contributed by atoms with van der Waals surface area (Å²) in [4.78, 5) is 0. The third-order valence-corrected chi connectivity index (χ3v) is 2.56. The van der Waals surface area contributed by atoms with E-state index in [2.05, 4.69) is 11.8 Å². The summed E-state index contributed by atoms with van der Waals surface area (Å²) in [6.07, 6.45) is 0.219. The van der Waals surface area contributed by atoms with Crippen LogP contribution in [-0.2, 0) is 14.2 Å². The van der Waals surface area contributed by atoms with Crippen molar-refractivity contribution in [1.82, 2.24) is 0 Å². The summed E-state index contributed by atoms with van der Waals surface area (Å²) >= 11 is 0. The molecule has 2 atom stereocenters. The smallest absolute Gasteiger partial charge is 0.142 e. The molecule has 0 N–H and O–H groups in total. The van der Waals surface area contributed by atoms with Gasteiger partial charge in [0.2, 0.25) is 0 Å². The van der Waals surface area contributed by atoms with Crippen molar-refractivity contribution in [2.45, 2.75) is 32.2 Å². The molecule has 3 nitrogen and oxygen atoms in total. The molecule has 2 unspecified atom stereocenters. The monoisotopic (exact) mass is 260 g/mol. The van der Waals surface area contributed by atoms with Crippen molar-refractivity contribution in [1.29, 1.82) is 0 Å². The van der Waals surface area contributed by atoms with Gasteiger partial charge in [-0.25, -0.2) is 0 Å². The van der Waals surface area contributed by atoms with Gasteiger partial charge in [0.25, 0.3) is 0 Å². The van der Waals surface area contributed by atoms with Crippen molar-refractivity contribution in [2.75, 3.05) is 19.8 Å². The molecule has 0 spiro atoms. The fourth-order valence-electron chi connectivity index (χ4n) is 1.60. The first-order valence-corrected chi connectivity index (χ1v) is 6.65. The average Bonchev–Trinajstić information content (AvgIpc) is 3.20. The van der Waals surface area contributed by atoms with Gasteiger partial charge in [-0.05, 0) is 26.0 Å². The third-order valence-electron chi connectivity index (χ3n) is 2.56. The van der Waals surface area contributed by atoms with E-state index in [-0.39, 0.29) is 18.3 Å². The Bertz CT molecular complexity index is 426. The van der Waals surface area contributed by atoms with Crippen molar-refractivity contribution in [2.24, 2.45) is 0 Å². The number of epoxide rings is 1. The number of hydrogen-bond donors (Lipinski definition) is 0. The maximum absolute atomic E-state index is 5.73. The van der Waals surface area contributed by atoms with Crippen LogP contribution in [0.15, 0.2) is 30.3 Å². The molecule has 2 rings (SSSR count). The van der Waals surface area contributed by atoms with Crippen molar-refractivity contribution < 1.29 is 14.2 Å². The summed E-state index contributed by atoms with van der Waals surface area (Å²) in [6, 6.07) is 9.90. The van der Waals surface area contributed by atoms with Crippen LogP contribution >= 0.6 is 0 Å². The second-order valence-corrected chi connectivity index (χ2v) is 4.80. The molecule has 1 aromatic rings. The summed E-state index contributed by atoms with van der Waals surface area (Å²) in [5, 5.41) is 0. The lowest BCUT2D eigenvalue weighted by Gasteiger charge is -2.15.